The number of benzene rings is 2. The highest BCUT2D eigenvalue weighted by molar-refractivity contribution is 6.34. The Labute approximate surface area is 139 Å². The van der Waals surface area contributed by atoms with E-state index in [1.807, 2.05) is 19.9 Å². The molecule has 0 radical (unpaired) electrons. The number of carbonyl (C=O) groups is 1. The molecule has 116 valence electrons. The summed E-state index contributed by atoms with van der Waals surface area (Å²) in [4.78, 5) is 12.1. The van der Waals surface area contributed by atoms with Crippen LogP contribution in [0.15, 0.2) is 30.3 Å². The maximum Gasteiger partial charge on any atom is 0.323 e. The van der Waals surface area contributed by atoms with Gasteiger partial charge in [-0.25, -0.2) is 4.79 Å². The zero-order valence-electron chi connectivity index (χ0n) is 12.5. The second-order valence-corrected chi connectivity index (χ2v) is 5.68. The fourth-order valence-corrected chi connectivity index (χ4v) is 2.72. The first-order valence-corrected chi connectivity index (χ1v) is 7.34. The standard InChI is InChI=1S/C16H16Cl2N2O2/c1-9-6-10(2)15(13(18)7-9)20-16(21)19-11-4-5-14(22-3)12(17)8-11/h4-8H,1-3H3,(H2,19,20,21). The molecule has 0 fully saturated rings. The molecule has 2 aromatic rings. The Morgan fingerprint density at radius 2 is 1.77 bits per heavy atom. The van der Waals surface area contributed by atoms with Gasteiger partial charge >= 0.3 is 6.03 Å². The summed E-state index contributed by atoms with van der Waals surface area (Å²) in [6.07, 6.45) is 0. The van der Waals surface area contributed by atoms with Gasteiger partial charge in [0.05, 0.1) is 22.8 Å². The van der Waals surface area contributed by atoms with E-state index >= 15 is 0 Å². The number of methoxy groups -OCH3 is 1. The molecular weight excluding hydrogens is 323 g/mol. The lowest BCUT2D eigenvalue weighted by atomic mass is 10.1. The summed E-state index contributed by atoms with van der Waals surface area (Å²) in [6.45, 7) is 3.83. The third-order valence-corrected chi connectivity index (χ3v) is 3.67. The van der Waals surface area contributed by atoms with Gasteiger partial charge < -0.3 is 15.4 Å². The van der Waals surface area contributed by atoms with Crippen LogP contribution in [0.3, 0.4) is 0 Å². The van der Waals surface area contributed by atoms with Gasteiger partial charge in [0.2, 0.25) is 0 Å². The number of anilines is 2. The fourth-order valence-electron chi connectivity index (χ4n) is 2.09. The van der Waals surface area contributed by atoms with Gasteiger partial charge in [-0.1, -0.05) is 29.3 Å². The van der Waals surface area contributed by atoms with Crippen LogP contribution < -0.4 is 15.4 Å². The zero-order chi connectivity index (χ0) is 16.3. The molecule has 0 aromatic heterocycles. The molecule has 22 heavy (non-hydrogen) atoms. The molecule has 2 rings (SSSR count). The fraction of sp³-hybridized carbons (Fsp3) is 0.188. The Balaban J connectivity index is 2.12. The third-order valence-electron chi connectivity index (χ3n) is 3.08. The van der Waals surface area contributed by atoms with Crippen molar-refractivity contribution in [2.24, 2.45) is 0 Å². The highest BCUT2D eigenvalue weighted by atomic mass is 35.5. The Morgan fingerprint density at radius 3 is 2.36 bits per heavy atom. The Hall–Kier alpha value is -1.91. The maximum absolute atomic E-state index is 12.1. The van der Waals surface area contributed by atoms with Crippen LogP contribution in [0.2, 0.25) is 10.0 Å². The summed E-state index contributed by atoms with van der Waals surface area (Å²) < 4.78 is 5.07. The first kappa shape index (κ1) is 16.5. The number of halogens is 2. The van der Waals surface area contributed by atoms with Crippen LogP contribution >= 0.6 is 23.2 Å². The van der Waals surface area contributed by atoms with Gasteiger partial charge in [-0.2, -0.15) is 0 Å². The lowest BCUT2D eigenvalue weighted by molar-refractivity contribution is 0.262. The molecule has 2 aromatic carbocycles. The normalized spacial score (nSPS) is 10.2. The van der Waals surface area contributed by atoms with Crippen molar-refractivity contribution in [2.75, 3.05) is 17.7 Å². The summed E-state index contributed by atoms with van der Waals surface area (Å²) >= 11 is 12.2. The van der Waals surface area contributed by atoms with Gasteiger partial charge in [-0.3, -0.25) is 0 Å². The largest absolute Gasteiger partial charge is 0.495 e. The minimum Gasteiger partial charge on any atom is -0.495 e. The van der Waals surface area contributed by atoms with Crippen molar-refractivity contribution in [3.8, 4) is 5.75 Å². The molecule has 6 heteroatoms. The first-order chi connectivity index (χ1) is 10.4. The van der Waals surface area contributed by atoms with Gasteiger partial charge in [-0.05, 0) is 49.2 Å². The van der Waals surface area contributed by atoms with Crippen molar-refractivity contribution in [3.05, 3.63) is 51.5 Å². The molecule has 0 aliphatic rings. The number of nitrogens with one attached hydrogen (secondary N) is 2. The van der Waals surface area contributed by atoms with Gasteiger partial charge in [-0.15, -0.1) is 0 Å². The summed E-state index contributed by atoms with van der Waals surface area (Å²) in [6, 6.07) is 8.36. The minimum absolute atomic E-state index is 0.393. The molecule has 0 unspecified atom stereocenters. The molecule has 0 saturated heterocycles. The van der Waals surface area contributed by atoms with E-state index in [0.717, 1.165) is 11.1 Å². The number of hydrogen-bond acceptors (Lipinski definition) is 2. The maximum atomic E-state index is 12.1. The van der Waals surface area contributed by atoms with Crippen molar-refractivity contribution in [2.45, 2.75) is 13.8 Å². The molecule has 0 heterocycles. The Morgan fingerprint density at radius 1 is 1.05 bits per heavy atom. The third kappa shape index (κ3) is 3.84. The molecule has 0 aliphatic carbocycles. The molecule has 0 saturated carbocycles. The molecule has 4 nitrogen and oxygen atoms in total. The number of urea groups is 1. The Kier molecular flexibility index (Phi) is 5.16. The SMILES string of the molecule is COc1ccc(NC(=O)Nc2c(C)cc(C)cc2Cl)cc1Cl. The molecule has 2 amide bonds. The summed E-state index contributed by atoms with van der Waals surface area (Å²) in [5, 5.41) is 6.37. The molecule has 2 N–H and O–H groups in total. The quantitative estimate of drug-likeness (QED) is 0.801. The summed E-state index contributed by atoms with van der Waals surface area (Å²) in [5.74, 6) is 0.546. The first-order valence-electron chi connectivity index (χ1n) is 6.59. The molecule has 0 bridgehead atoms. The second-order valence-electron chi connectivity index (χ2n) is 4.87. The summed E-state index contributed by atoms with van der Waals surface area (Å²) in [7, 11) is 1.53. The second kappa shape index (κ2) is 6.90. The molecule has 0 atom stereocenters. The van der Waals surface area contributed by atoms with E-state index in [-0.39, 0.29) is 0 Å². The van der Waals surface area contributed by atoms with Gasteiger partial charge in [0.25, 0.3) is 0 Å². The van der Waals surface area contributed by atoms with E-state index in [0.29, 0.717) is 27.2 Å². The zero-order valence-corrected chi connectivity index (χ0v) is 14.0. The summed E-state index contributed by atoms with van der Waals surface area (Å²) in [5.41, 5.74) is 3.08. The van der Waals surface area contributed by atoms with Crippen LogP contribution in [-0.2, 0) is 0 Å². The highest BCUT2D eigenvalue weighted by Gasteiger charge is 2.10. The Bertz CT molecular complexity index is 694. The number of aryl methyl sites for hydroxylation is 2. The van der Waals surface area contributed by atoms with Crippen LogP contribution in [0.4, 0.5) is 16.2 Å². The predicted molar refractivity (Wildman–Crippen MR) is 91.6 cm³/mol. The number of amides is 2. The van der Waals surface area contributed by atoms with Gasteiger partial charge in [0.1, 0.15) is 5.75 Å². The van der Waals surface area contributed by atoms with Crippen molar-refractivity contribution in [3.63, 3.8) is 0 Å². The van der Waals surface area contributed by atoms with Crippen LogP contribution in [0, 0.1) is 13.8 Å². The van der Waals surface area contributed by atoms with Crippen LogP contribution in [0.25, 0.3) is 0 Å². The molecular formula is C16H16Cl2N2O2. The van der Waals surface area contributed by atoms with E-state index in [1.165, 1.54) is 7.11 Å². The lowest BCUT2D eigenvalue weighted by Crippen LogP contribution is -2.20. The number of rotatable bonds is 3. The molecule has 0 spiro atoms. The topological polar surface area (TPSA) is 50.4 Å². The van der Waals surface area contributed by atoms with Gasteiger partial charge in [0.15, 0.2) is 0 Å². The average molecular weight is 339 g/mol. The van der Waals surface area contributed by atoms with E-state index in [1.54, 1.807) is 24.3 Å². The van der Waals surface area contributed by atoms with Crippen molar-refractivity contribution < 1.29 is 9.53 Å². The van der Waals surface area contributed by atoms with Crippen molar-refractivity contribution >= 4 is 40.6 Å². The smallest absolute Gasteiger partial charge is 0.323 e. The van der Waals surface area contributed by atoms with E-state index in [4.69, 9.17) is 27.9 Å². The van der Waals surface area contributed by atoms with Crippen molar-refractivity contribution in [1.82, 2.24) is 0 Å². The minimum atomic E-state index is -0.393. The van der Waals surface area contributed by atoms with Crippen LogP contribution in [-0.4, -0.2) is 13.1 Å². The average Bonchev–Trinajstić information content (AvgIpc) is 2.43. The lowest BCUT2D eigenvalue weighted by Gasteiger charge is -2.13. The van der Waals surface area contributed by atoms with E-state index in [2.05, 4.69) is 10.6 Å². The predicted octanol–water partition coefficient (Wildman–Crippen LogP) is 5.26. The molecule has 0 aliphatic heterocycles. The van der Waals surface area contributed by atoms with Gasteiger partial charge in [0, 0.05) is 5.69 Å². The van der Waals surface area contributed by atoms with E-state index in [9.17, 15) is 4.79 Å². The van der Waals surface area contributed by atoms with Crippen LogP contribution in [0.1, 0.15) is 11.1 Å². The monoisotopic (exact) mass is 338 g/mol. The highest BCUT2D eigenvalue weighted by Crippen LogP contribution is 2.29. The van der Waals surface area contributed by atoms with E-state index < -0.39 is 6.03 Å². The van der Waals surface area contributed by atoms with Crippen molar-refractivity contribution in [1.29, 1.82) is 0 Å². The number of ether oxygens (including phenoxy) is 1. The number of hydrogen-bond donors (Lipinski definition) is 2. The number of carbonyl (C=O) groups excluding carboxylic acids is 1. The van der Waals surface area contributed by atoms with Crippen LogP contribution in [0.5, 0.6) is 5.75 Å².